The Hall–Kier alpha value is -0.736. The van der Waals surface area contributed by atoms with E-state index in [1.807, 2.05) is 26.8 Å². The van der Waals surface area contributed by atoms with Crippen LogP contribution in [-0.4, -0.2) is 12.5 Å². The Balaban J connectivity index is 0.00000484. The fourth-order valence-electron chi connectivity index (χ4n) is 2.19. The molecule has 1 aromatic rings. The van der Waals surface area contributed by atoms with Gasteiger partial charge in [-0.2, -0.15) is 0 Å². The Morgan fingerprint density at radius 3 is 2.35 bits per heavy atom. The number of halogens is 2. The van der Waals surface area contributed by atoms with E-state index in [0.717, 1.165) is 31.7 Å². The van der Waals surface area contributed by atoms with E-state index in [0.29, 0.717) is 13.0 Å². The van der Waals surface area contributed by atoms with Gasteiger partial charge in [-0.1, -0.05) is 47.0 Å². The molecule has 0 aliphatic rings. The van der Waals surface area contributed by atoms with Gasteiger partial charge in [-0.3, -0.25) is 4.79 Å². The molecule has 0 aliphatic heterocycles. The minimum atomic E-state index is -0.809. The number of rotatable bonds is 8. The van der Waals surface area contributed by atoms with Gasteiger partial charge in [0.25, 0.3) is 0 Å². The Morgan fingerprint density at radius 1 is 1.17 bits per heavy atom. The van der Waals surface area contributed by atoms with Gasteiger partial charge >= 0.3 is 0 Å². The van der Waals surface area contributed by atoms with Gasteiger partial charge in [-0.15, -0.1) is 0 Å². The fourth-order valence-corrected chi connectivity index (χ4v) is 2.19. The normalized spacial score (nSPS) is 11.0. The van der Waals surface area contributed by atoms with E-state index in [1.165, 1.54) is 11.0 Å². The summed E-state index contributed by atoms with van der Waals surface area (Å²) < 4.78 is 27.1. The third-order valence-corrected chi connectivity index (χ3v) is 4.08. The molecule has 0 aromatic heterocycles. The number of carbonyl (C=O) groups excluding carboxylic acids is 1. The van der Waals surface area contributed by atoms with Crippen molar-refractivity contribution < 1.29 is 35.3 Å². The Kier molecular flexibility index (Phi) is 9.87. The van der Waals surface area contributed by atoms with E-state index in [2.05, 4.69) is 6.92 Å². The van der Waals surface area contributed by atoms with E-state index in [-0.39, 0.29) is 33.3 Å². The molecule has 0 spiro atoms. The molecule has 1 radical (unpaired) electrons. The van der Waals surface area contributed by atoms with E-state index in [1.54, 1.807) is 0 Å². The van der Waals surface area contributed by atoms with Gasteiger partial charge < -0.3 is 4.90 Å². The maximum atomic E-state index is 14.0. The van der Waals surface area contributed by atoms with Crippen LogP contribution in [0.1, 0.15) is 59.8 Å². The first-order valence-electron chi connectivity index (χ1n) is 8.02. The largest absolute Gasteiger partial charge is 0.309 e. The maximum Gasteiger partial charge on any atom is 0.232 e. The van der Waals surface area contributed by atoms with Crippen molar-refractivity contribution in [3.8, 4) is 0 Å². The topological polar surface area (TPSA) is 20.3 Å². The van der Waals surface area contributed by atoms with Crippen molar-refractivity contribution in [1.29, 1.82) is 0 Å². The van der Waals surface area contributed by atoms with E-state index in [9.17, 15) is 13.6 Å². The number of unbranched alkanes of at least 4 members (excludes halogenated alkanes) is 3. The number of carbonyl (C=O) groups is 1. The first-order valence-corrected chi connectivity index (χ1v) is 8.02. The van der Waals surface area contributed by atoms with Gasteiger partial charge in [0.2, 0.25) is 5.91 Å². The number of nitrogens with zero attached hydrogens (tertiary/aromatic N) is 1. The molecular formula is C18H26F2NOTi. The first-order chi connectivity index (χ1) is 10.3. The zero-order chi connectivity index (χ0) is 16.8. The van der Waals surface area contributed by atoms with Crippen molar-refractivity contribution in [3.05, 3.63) is 29.8 Å². The molecule has 0 bridgehead atoms. The van der Waals surface area contributed by atoms with Crippen LogP contribution >= 0.6 is 0 Å². The van der Waals surface area contributed by atoms with Crippen LogP contribution in [0.2, 0.25) is 0 Å². The van der Waals surface area contributed by atoms with E-state index in [4.69, 9.17) is 0 Å². The van der Waals surface area contributed by atoms with Crippen molar-refractivity contribution in [2.45, 2.75) is 59.8 Å². The third kappa shape index (κ3) is 6.35. The van der Waals surface area contributed by atoms with Crippen molar-refractivity contribution in [2.24, 2.45) is 5.41 Å². The van der Waals surface area contributed by atoms with Gasteiger partial charge in [-0.05, 0) is 25.0 Å². The molecule has 0 N–H and O–H groups in total. The van der Waals surface area contributed by atoms with Gasteiger partial charge in [0, 0.05) is 33.7 Å². The summed E-state index contributed by atoms with van der Waals surface area (Å²) >= 11 is 0. The zero-order valence-electron chi connectivity index (χ0n) is 14.5. The minimum Gasteiger partial charge on any atom is -0.309 e. The SMILES string of the molecule is CCCCCCN(C(=O)C(C)(C)CC)c1ccc(F)[c]c1F.[Ti]. The van der Waals surface area contributed by atoms with Crippen LogP contribution in [0.5, 0.6) is 0 Å². The number of hydrogen-bond acceptors (Lipinski definition) is 1. The van der Waals surface area contributed by atoms with Crippen LogP contribution in [0.4, 0.5) is 14.5 Å². The Labute approximate surface area is 153 Å². The van der Waals surface area contributed by atoms with Crippen LogP contribution < -0.4 is 4.90 Å². The Morgan fingerprint density at radius 2 is 1.83 bits per heavy atom. The van der Waals surface area contributed by atoms with Crippen LogP contribution in [0.25, 0.3) is 0 Å². The molecule has 1 rings (SSSR count). The van der Waals surface area contributed by atoms with E-state index >= 15 is 0 Å². The van der Waals surface area contributed by atoms with Crippen LogP contribution in [0, 0.1) is 23.1 Å². The van der Waals surface area contributed by atoms with Crippen molar-refractivity contribution >= 4 is 11.6 Å². The number of anilines is 1. The second kappa shape index (κ2) is 10.2. The summed E-state index contributed by atoms with van der Waals surface area (Å²) in [5.74, 6) is -1.70. The van der Waals surface area contributed by atoms with Crippen LogP contribution in [0.3, 0.4) is 0 Å². The summed E-state index contributed by atoms with van der Waals surface area (Å²) in [5, 5.41) is 0. The fraction of sp³-hybridized carbons (Fsp3) is 0.611. The molecular weight excluding hydrogens is 332 g/mol. The second-order valence-corrected chi connectivity index (χ2v) is 6.26. The van der Waals surface area contributed by atoms with Crippen LogP contribution in [0.15, 0.2) is 12.1 Å². The second-order valence-electron chi connectivity index (χ2n) is 6.26. The predicted molar refractivity (Wildman–Crippen MR) is 85.8 cm³/mol. The molecule has 0 heterocycles. The van der Waals surface area contributed by atoms with Gasteiger partial charge in [0.15, 0.2) is 5.82 Å². The van der Waals surface area contributed by atoms with Crippen molar-refractivity contribution in [1.82, 2.24) is 0 Å². The summed E-state index contributed by atoms with van der Waals surface area (Å²) in [6.45, 7) is 8.18. The first kappa shape index (κ1) is 22.3. The molecule has 0 saturated carbocycles. The summed E-state index contributed by atoms with van der Waals surface area (Å²) in [4.78, 5) is 14.2. The summed E-state index contributed by atoms with van der Waals surface area (Å²) in [6.07, 6.45) is 4.61. The van der Waals surface area contributed by atoms with Crippen molar-refractivity contribution in [2.75, 3.05) is 11.4 Å². The summed E-state index contributed by atoms with van der Waals surface area (Å²) in [6, 6.07) is 4.48. The molecule has 2 nitrogen and oxygen atoms in total. The standard InChI is InChI=1S/C18H26F2NO.Ti/c1-5-7-8-9-12-21(17(22)18(3,4)6-2)16-11-10-14(19)13-15(16)20;/h10-11H,5-9,12H2,1-4H3;. The van der Waals surface area contributed by atoms with Gasteiger partial charge in [0.05, 0.1) is 11.8 Å². The van der Waals surface area contributed by atoms with Crippen LogP contribution in [-0.2, 0) is 26.5 Å². The molecule has 1 aromatic carbocycles. The zero-order valence-corrected chi connectivity index (χ0v) is 16.1. The molecule has 0 saturated heterocycles. The molecule has 5 heteroatoms. The molecule has 1 amide bonds. The number of benzene rings is 1. The molecule has 0 atom stereocenters. The summed E-state index contributed by atoms with van der Waals surface area (Å²) in [7, 11) is 0. The quantitative estimate of drug-likeness (QED) is 0.467. The van der Waals surface area contributed by atoms with Gasteiger partial charge in [-0.25, -0.2) is 8.78 Å². The average molecular weight is 358 g/mol. The smallest absolute Gasteiger partial charge is 0.232 e. The van der Waals surface area contributed by atoms with Gasteiger partial charge in [0.1, 0.15) is 5.82 Å². The number of amides is 1. The maximum absolute atomic E-state index is 14.0. The average Bonchev–Trinajstić information content (AvgIpc) is 2.48. The molecule has 23 heavy (non-hydrogen) atoms. The minimum absolute atomic E-state index is 0. The van der Waals surface area contributed by atoms with E-state index < -0.39 is 17.0 Å². The van der Waals surface area contributed by atoms with Crippen molar-refractivity contribution in [3.63, 3.8) is 0 Å². The summed E-state index contributed by atoms with van der Waals surface area (Å²) in [5.41, 5.74) is -0.463. The predicted octanol–water partition coefficient (Wildman–Crippen LogP) is 5.11. The monoisotopic (exact) mass is 358 g/mol. The molecule has 127 valence electrons. The number of hydrogen-bond donors (Lipinski definition) is 0. The molecule has 0 unspecified atom stereocenters. The molecule has 0 aliphatic carbocycles. The molecule has 0 fully saturated rings. The Bertz CT molecular complexity index is 506. The third-order valence-electron chi connectivity index (χ3n) is 4.08.